The Labute approximate surface area is 205 Å². The molecule has 11 nitrogen and oxygen atoms in total. The number of hydrogen-bond acceptors (Lipinski definition) is 7. The predicted octanol–water partition coefficient (Wildman–Crippen LogP) is 3.32. The lowest BCUT2D eigenvalue weighted by atomic mass is 10.3. The van der Waals surface area contributed by atoms with Gasteiger partial charge in [-0.2, -0.15) is 0 Å². The maximum atomic E-state index is 12.2. The summed E-state index contributed by atoms with van der Waals surface area (Å²) >= 11 is 0. The van der Waals surface area contributed by atoms with Crippen LogP contribution in [0.5, 0.6) is 11.5 Å². The van der Waals surface area contributed by atoms with Crippen LogP contribution in [0.4, 0.5) is 4.79 Å². The van der Waals surface area contributed by atoms with Crippen molar-refractivity contribution >= 4 is 17.8 Å². The second-order valence-electron chi connectivity index (χ2n) is 7.22. The van der Waals surface area contributed by atoms with E-state index in [9.17, 15) is 14.4 Å². The van der Waals surface area contributed by atoms with Crippen LogP contribution in [0.1, 0.15) is 32.6 Å². The zero-order valence-electron chi connectivity index (χ0n) is 18.9. The minimum absolute atomic E-state index is 0.0353. The van der Waals surface area contributed by atoms with Crippen LogP contribution in [0.3, 0.4) is 0 Å². The van der Waals surface area contributed by atoms with Crippen molar-refractivity contribution in [3.05, 3.63) is 108 Å². The van der Waals surface area contributed by atoms with Gasteiger partial charge in [-0.3, -0.25) is 20.4 Å². The lowest BCUT2D eigenvalue weighted by Crippen LogP contribution is -2.52. The Kier molecular flexibility index (Phi) is 7.84. The number of hydrazine groups is 2. The van der Waals surface area contributed by atoms with Crippen molar-refractivity contribution in [1.29, 1.82) is 0 Å². The van der Waals surface area contributed by atoms with Crippen LogP contribution in [0.25, 0.3) is 0 Å². The summed E-state index contributed by atoms with van der Waals surface area (Å²) in [5.41, 5.74) is 8.50. The number of para-hydroxylation sites is 2. The summed E-state index contributed by atoms with van der Waals surface area (Å²) in [4.78, 5) is 36.2. The van der Waals surface area contributed by atoms with Crippen molar-refractivity contribution in [2.24, 2.45) is 0 Å². The first-order chi connectivity index (χ1) is 17.6. The summed E-state index contributed by atoms with van der Waals surface area (Å²) in [7, 11) is 0. The molecule has 11 heteroatoms. The number of hydrogen-bond donors (Lipinski definition) is 4. The number of rotatable bonds is 8. The highest BCUT2D eigenvalue weighted by Crippen LogP contribution is 2.15. The Morgan fingerprint density at radius 3 is 1.39 bits per heavy atom. The van der Waals surface area contributed by atoms with Gasteiger partial charge in [0.25, 0.3) is 0 Å². The zero-order valence-corrected chi connectivity index (χ0v) is 18.9. The normalized spacial score (nSPS) is 10.2. The first-order valence-electron chi connectivity index (χ1n) is 10.8. The Bertz CT molecular complexity index is 1200. The van der Waals surface area contributed by atoms with E-state index in [0.717, 1.165) is 0 Å². The smallest absolute Gasteiger partial charge is 0.352 e. The Hall–Kier alpha value is -5.19. The summed E-state index contributed by atoms with van der Waals surface area (Å²) < 4.78 is 21.9. The van der Waals surface area contributed by atoms with Crippen LogP contribution in [-0.2, 0) is 13.2 Å². The topological polar surface area (TPSA) is 144 Å². The molecule has 184 valence electrons. The fourth-order valence-corrected chi connectivity index (χ4v) is 2.88. The van der Waals surface area contributed by atoms with Gasteiger partial charge in [-0.15, -0.1) is 0 Å². The number of nitrogens with one attached hydrogen (secondary N) is 4. The van der Waals surface area contributed by atoms with Crippen molar-refractivity contribution in [2.45, 2.75) is 13.2 Å². The van der Waals surface area contributed by atoms with Gasteiger partial charge >= 0.3 is 17.8 Å². The van der Waals surface area contributed by atoms with Crippen LogP contribution >= 0.6 is 0 Å². The number of urea groups is 1. The van der Waals surface area contributed by atoms with E-state index in [-0.39, 0.29) is 24.7 Å². The lowest BCUT2D eigenvalue weighted by Gasteiger charge is -2.08. The van der Waals surface area contributed by atoms with E-state index < -0.39 is 17.8 Å². The van der Waals surface area contributed by atoms with Gasteiger partial charge in [0, 0.05) is 0 Å². The largest absolute Gasteiger partial charge is 0.486 e. The van der Waals surface area contributed by atoms with Crippen molar-refractivity contribution in [3.63, 3.8) is 0 Å². The van der Waals surface area contributed by atoms with E-state index in [1.54, 1.807) is 36.4 Å². The first kappa shape index (κ1) is 24.0. The van der Waals surface area contributed by atoms with E-state index in [1.165, 1.54) is 12.1 Å². The van der Waals surface area contributed by atoms with Crippen LogP contribution in [0.15, 0.2) is 93.8 Å². The van der Waals surface area contributed by atoms with Gasteiger partial charge in [-0.25, -0.2) is 15.6 Å². The third-order valence-corrected chi connectivity index (χ3v) is 4.60. The molecule has 0 fully saturated rings. The van der Waals surface area contributed by atoms with Crippen molar-refractivity contribution < 1.29 is 32.7 Å². The number of ether oxygens (including phenoxy) is 2. The number of carbonyl (C=O) groups is 3. The molecule has 0 atom stereocenters. The summed E-state index contributed by atoms with van der Waals surface area (Å²) in [5.74, 6) is 0.699. The molecule has 0 saturated carbocycles. The van der Waals surface area contributed by atoms with E-state index in [1.807, 2.05) is 36.4 Å². The molecule has 0 saturated heterocycles. The van der Waals surface area contributed by atoms with E-state index >= 15 is 0 Å². The molecular weight excluding hydrogens is 468 g/mol. The summed E-state index contributed by atoms with van der Waals surface area (Å²) in [6.45, 7) is 0.258. The van der Waals surface area contributed by atoms with Crippen LogP contribution in [0, 0.1) is 0 Å². The maximum absolute atomic E-state index is 12.2. The molecule has 2 aromatic carbocycles. The van der Waals surface area contributed by atoms with Gasteiger partial charge in [0.15, 0.2) is 11.5 Å². The van der Waals surface area contributed by atoms with Gasteiger partial charge in [-0.1, -0.05) is 36.4 Å². The molecule has 4 N–H and O–H groups in total. The molecule has 4 aromatic rings. The van der Waals surface area contributed by atoms with Crippen LogP contribution in [-0.4, -0.2) is 17.8 Å². The average Bonchev–Trinajstić information content (AvgIpc) is 3.59. The van der Waals surface area contributed by atoms with Crippen molar-refractivity contribution in [1.82, 2.24) is 21.7 Å². The third kappa shape index (κ3) is 6.90. The standard InChI is InChI=1S/C25H22N4O7/c30-23(21-13-11-19(35-21)15-33-17-7-3-1-4-8-17)26-28-25(32)29-27-24(31)22-14-12-20(36-22)16-34-18-9-5-2-6-10-18/h1-14H,15-16H2,(H,26,30)(H,27,31)(H2,28,29,32). The number of benzene rings is 2. The monoisotopic (exact) mass is 490 g/mol. The third-order valence-electron chi connectivity index (χ3n) is 4.60. The Balaban J connectivity index is 1.16. The highest BCUT2D eigenvalue weighted by molar-refractivity contribution is 5.94. The van der Waals surface area contributed by atoms with Crippen molar-refractivity contribution in [3.8, 4) is 11.5 Å². The summed E-state index contributed by atoms with van der Waals surface area (Å²) in [6.07, 6.45) is 0. The number of carbonyl (C=O) groups excluding carboxylic acids is 3. The molecular formula is C25H22N4O7. The molecule has 4 amide bonds. The van der Waals surface area contributed by atoms with Crippen LogP contribution < -0.4 is 31.2 Å². The highest BCUT2D eigenvalue weighted by Gasteiger charge is 2.15. The molecule has 0 aliphatic heterocycles. The molecule has 4 rings (SSSR count). The average molecular weight is 490 g/mol. The molecule has 2 aromatic heterocycles. The fourth-order valence-electron chi connectivity index (χ4n) is 2.88. The molecule has 0 aliphatic carbocycles. The van der Waals surface area contributed by atoms with Gasteiger partial charge in [-0.05, 0) is 48.5 Å². The van der Waals surface area contributed by atoms with Crippen molar-refractivity contribution in [2.75, 3.05) is 0 Å². The molecule has 0 radical (unpaired) electrons. The minimum atomic E-state index is -0.893. The van der Waals surface area contributed by atoms with Crippen LogP contribution in [0.2, 0.25) is 0 Å². The number of furan rings is 2. The molecule has 0 bridgehead atoms. The first-order valence-corrected chi connectivity index (χ1v) is 10.8. The van der Waals surface area contributed by atoms with Gasteiger partial charge in [0.1, 0.15) is 36.2 Å². The second-order valence-corrected chi connectivity index (χ2v) is 7.22. The van der Waals surface area contributed by atoms with Gasteiger partial charge in [0.2, 0.25) is 0 Å². The van der Waals surface area contributed by atoms with E-state index in [0.29, 0.717) is 23.0 Å². The molecule has 0 spiro atoms. The van der Waals surface area contributed by atoms with Gasteiger partial charge < -0.3 is 18.3 Å². The second kappa shape index (κ2) is 11.8. The summed E-state index contributed by atoms with van der Waals surface area (Å²) in [5, 5.41) is 0. The highest BCUT2D eigenvalue weighted by atomic mass is 16.5. The molecule has 0 aliphatic rings. The Morgan fingerprint density at radius 2 is 0.972 bits per heavy atom. The Morgan fingerprint density at radius 1 is 0.556 bits per heavy atom. The van der Waals surface area contributed by atoms with E-state index in [4.69, 9.17) is 18.3 Å². The zero-order chi connectivity index (χ0) is 25.2. The predicted molar refractivity (Wildman–Crippen MR) is 126 cm³/mol. The van der Waals surface area contributed by atoms with Gasteiger partial charge in [0.05, 0.1) is 0 Å². The maximum Gasteiger partial charge on any atom is 0.352 e. The molecule has 2 heterocycles. The van der Waals surface area contributed by atoms with E-state index in [2.05, 4.69) is 21.7 Å². The fraction of sp³-hybridized carbons (Fsp3) is 0.0800. The molecule has 36 heavy (non-hydrogen) atoms. The minimum Gasteiger partial charge on any atom is -0.486 e. The molecule has 0 unspecified atom stereocenters. The summed E-state index contributed by atoms with van der Waals surface area (Å²) in [6, 6.07) is 23.4. The number of amides is 4. The lowest BCUT2D eigenvalue weighted by molar-refractivity contribution is 0.0896. The SMILES string of the molecule is O=C(NNC(=O)c1ccc(COc2ccccc2)o1)NNC(=O)c1ccc(COc2ccccc2)o1. The quantitative estimate of drug-likeness (QED) is 0.277.